The average Bonchev–Trinajstić information content (AvgIpc) is 3.55. The lowest BCUT2D eigenvalue weighted by molar-refractivity contribution is -0.140. The van der Waals surface area contributed by atoms with Crippen molar-refractivity contribution in [2.45, 2.75) is 77.9 Å². The van der Waals surface area contributed by atoms with Gasteiger partial charge in [0.2, 0.25) is 11.8 Å². The predicted molar refractivity (Wildman–Crippen MR) is 190 cm³/mol. The summed E-state index contributed by atoms with van der Waals surface area (Å²) in [5, 5.41) is 14.5. The number of halogens is 1. The number of nitrogens with zero attached hydrogens (tertiary/aromatic N) is 4. The first-order valence-electron chi connectivity index (χ1n) is 16.7. The van der Waals surface area contributed by atoms with Crippen LogP contribution in [0.15, 0.2) is 36.7 Å². The van der Waals surface area contributed by atoms with Crippen molar-refractivity contribution in [3.05, 3.63) is 41.7 Å². The second-order valence-corrected chi connectivity index (χ2v) is 14.1. The number of ether oxygens (including phenoxy) is 1. The van der Waals surface area contributed by atoms with Crippen molar-refractivity contribution in [1.29, 1.82) is 0 Å². The topological polar surface area (TPSA) is 124 Å². The van der Waals surface area contributed by atoms with Crippen LogP contribution in [-0.4, -0.2) is 85.1 Å². The number of piperidine rings is 1. The highest BCUT2D eigenvalue weighted by Crippen LogP contribution is 2.36. The van der Waals surface area contributed by atoms with Crippen LogP contribution in [0.1, 0.15) is 59.8 Å². The molecule has 2 aliphatic heterocycles. The summed E-state index contributed by atoms with van der Waals surface area (Å²) in [4.78, 5) is 40.8. The monoisotopic (exact) mass is 664 g/mol. The van der Waals surface area contributed by atoms with Crippen molar-refractivity contribution < 1.29 is 14.3 Å². The first kappa shape index (κ1) is 34.7. The fourth-order valence-corrected chi connectivity index (χ4v) is 6.71. The zero-order chi connectivity index (χ0) is 33.7. The van der Waals surface area contributed by atoms with E-state index in [1.54, 1.807) is 18.1 Å². The molecule has 0 spiro atoms. The van der Waals surface area contributed by atoms with Gasteiger partial charge in [-0.1, -0.05) is 32.4 Å². The van der Waals surface area contributed by atoms with E-state index in [2.05, 4.69) is 43.1 Å². The number of benzene rings is 2. The third-order valence-corrected chi connectivity index (χ3v) is 9.50. The molecule has 0 radical (unpaired) electrons. The molecular weight excluding hydrogens is 616 g/mol. The molecule has 2 aromatic carbocycles. The summed E-state index contributed by atoms with van der Waals surface area (Å²) >= 11 is 6.73. The van der Waals surface area contributed by atoms with Crippen LogP contribution in [0.4, 0.5) is 22.9 Å². The van der Waals surface area contributed by atoms with E-state index in [9.17, 15) is 9.59 Å². The number of hydrogen-bond acceptors (Lipinski definition) is 9. The Kier molecular flexibility index (Phi) is 11.1. The van der Waals surface area contributed by atoms with Crippen molar-refractivity contribution >= 4 is 57.2 Å². The van der Waals surface area contributed by atoms with Crippen LogP contribution >= 0.6 is 11.6 Å². The normalized spacial score (nSPS) is 18.2. The third kappa shape index (κ3) is 8.08. The summed E-state index contributed by atoms with van der Waals surface area (Å²) < 4.78 is 5.67. The summed E-state index contributed by atoms with van der Waals surface area (Å²) in [6.07, 6.45) is 6.43. The molecule has 0 saturated carbocycles. The van der Waals surface area contributed by atoms with Crippen LogP contribution in [0, 0.1) is 5.41 Å². The molecule has 2 amide bonds. The van der Waals surface area contributed by atoms with E-state index < -0.39 is 12.1 Å². The number of carbonyl (C=O) groups excluding carboxylic acids is 2. The zero-order valence-electron chi connectivity index (χ0n) is 28.5. The average molecular weight is 665 g/mol. The number of methoxy groups -OCH3 is 1. The summed E-state index contributed by atoms with van der Waals surface area (Å²) in [5.41, 5.74) is 2.63. The second-order valence-electron chi connectivity index (χ2n) is 13.7. The zero-order valence-corrected chi connectivity index (χ0v) is 29.2. The molecule has 1 aromatic heterocycles. The Hall–Kier alpha value is -3.67. The number of nitrogens with one attached hydrogen (secondary N) is 4. The van der Waals surface area contributed by atoms with Gasteiger partial charge in [0.05, 0.1) is 35.1 Å². The molecule has 0 bridgehead atoms. The highest BCUT2D eigenvalue weighted by atomic mass is 35.5. The van der Waals surface area contributed by atoms with Gasteiger partial charge in [0, 0.05) is 49.4 Å². The molecule has 3 heterocycles. The molecule has 3 aromatic rings. The molecule has 2 saturated heterocycles. The van der Waals surface area contributed by atoms with Crippen molar-refractivity contribution in [1.82, 2.24) is 25.5 Å². The van der Waals surface area contributed by atoms with Crippen LogP contribution in [0.2, 0.25) is 5.02 Å². The maximum Gasteiger partial charge on any atom is 0.247 e. The van der Waals surface area contributed by atoms with Crippen molar-refractivity contribution in [2.75, 3.05) is 55.9 Å². The number of carbonyl (C=O) groups is 2. The predicted octanol–water partition coefficient (Wildman–Crippen LogP) is 5.57. The first-order valence-corrected chi connectivity index (χ1v) is 17.0. The Labute approximate surface area is 283 Å². The Balaban J connectivity index is 1.36. The fourth-order valence-electron chi connectivity index (χ4n) is 6.41. The van der Waals surface area contributed by atoms with Crippen molar-refractivity contribution in [3.8, 4) is 5.75 Å². The van der Waals surface area contributed by atoms with Gasteiger partial charge in [-0.15, -0.1) is 0 Å². The molecule has 12 heteroatoms. The lowest BCUT2D eigenvalue weighted by Crippen LogP contribution is -2.57. The number of likely N-dealkylation sites (tertiary alicyclic amines) is 1. The summed E-state index contributed by atoms with van der Waals surface area (Å²) in [6.45, 7) is 11.4. The number of aromatic nitrogens is 2. The van der Waals surface area contributed by atoms with Crippen LogP contribution < -0.4 is 30.9 Å². The van der Waals surface area contributed by atoms with Gasteiger partial charge in [-0.3, -0.25) is 9.59 Å². The lowest BCUT2D eigenvalue weighted by Gasteiger charge is -2.36. The van der Waals surface area contributed by atoms with E-state index in [0.29, 0.717) is 52.7 Å². The van der Waals surface area contributed by atoms with E-state index in [-0.39, 0.29) is 23.3 Å². The van der Waals surface area contributed by atoms with Crippen LogP contribution in [0.25, 0.3) is 10.9 Å². The van der Waals surface area contributed by atoms with Gasteiger partial charge in [-0.2, -0.15) is 0 Å². The Bertz CT molecular complexity index is 1570. The highest BCUT2D eigenvalue weighted by molar-refractivity contribution is 6.33. The number of fused-ring (bicyclic) bond motifs is 1. The summed E-state index contributed by atoms with van der Waals surface area (Å²) in [5.74, 6) is 0.725. The van der Waals surface area contributed by atoms with E-state index in [4.69, 9.17) is 16.3 Å². The van der Waals surface area contributed by atoms with Gasteiger partial charge >= 0.3 is 0 Å². The maximum atomic E-state index is 13.9. The Morgan fingerprint density at radius 1 is 1.06 bits per heavy atom. The minimum Gasteiger partial charge on any atom is -0.494 e. The molecule has 2 aliphatic rings. The molecule has 5 rings (SSSR count). The van der Waals surface area contributed by atoms with Gasteiger partial charge in [-0.25, -0.2) is 9.97 Å². The first-order chi connectivity index (χ1) is 22.5. The standard InChI is InChI=1S/C35H49ClN8O3/c1-22(37-5)20-38-31(35(2,3)4)34(46)44-16-10-11-29(44)33(45)42-27-18-24-26(19-30(27)47-6)39-21-40-32(24)41-23-12-13-28(25(36)17-23)43-14-8-7-9-15-43/h12-13,17-19,21-22,29,31,37-38H,7-11,14-16,20H2,1-6H3,(H,42,45)(H,39,40,41)/t22-,29-,31+/m0/s1. The number of rotatable bonds is 11. The minimum atomic E-state index is -0.596. The number of hydrogen-bond donors (Lipinski definition) is 4. The molecular formula is C35H49ClN8O3. The fraction of sp³-hybridized carbons (Fsp3) is 0.543. The smallest absolute Gasteiger partial charge is 0.247 e. The number of likely N-dealkylation sites (N-methyl/N-ethyl adjacent to an activating group) is 1. The summed E-state index contributed by atoms with van der Waals surface area (Å²) in [6, 6.07) is 8.73. The van der Waals surface area contributed by atoms with Gasteiger partial charge in [0.25, 0.3) is 0 Å². The molecule has 0 aliphatic carbocycles. The molecule has 11 nitrogen and oxygen atoms in total. The van der Waals surface area contributed by atoms with Gasteiger partial charge < -0.3 is 35.8 Å². The molecule has 3 atom stereocenters. The third-order valence-electron chi connectivity index (χ3n) is 9.19. The van der Waals surface area contributed by atoms with Crippen molar-refractivity contribution in [2.24, 2.45) is 5.41 Å². The minimum absolute atomic E-state index is 0.0613. The Morgan fingerprint density at radius 2 is 1.83 bits per heavy atom. The van der Waals surface area contributed by atoms with Gasteiger partial charge in [0.1, 0.15) is 23.9 Å². The van der Waals surface area contributed by atoms with E-state index >= 15 is 0 Å². The second kappa shape index (κ2) is 15.0. The molecule has 2 fully saturated rings. The van der Waals surface area contributed by atoms with E-state index in [0.717, 1.165) is 30.9 Å². The molecule has 4 N–H and O–H groups in total. The maximum absolute atomic E-state index is 13.9. The van der Waals surface area contributed by atoms with Crippen LogP contribution in [-0.2, 0) is 9.59 Å². The Morgan fingerprint density at radius 3 is 2.51 bits per heavy atom. The summed E-state index contributed by atoms with van der Waals surface area (Å²) in [7, 11) is 3.45. The quantitative estimate of drug-likeness (QED) is 0.208. The molecule has 0 unspecified atom stereocenters. The number of amides is 2. The van der Waals surface area contributed by atoms with Crippen LogP contribution in [0.5, 0.6) is 5.75 Å². The SMILES string of the molecule is CN[C@@H](C)CN[C@H](C(=O)N1CCC[C@H]1C(=O)Nc1cc2c(Nc3ccc(N4CCCCC4)c(Cl)c3)ncnc2cc1OC)C(C)(C)C. The van der Waals surface area contributed by atoms with Crippen LogP contribution in [0.3, 0.4) is 0 Å². The number of anilines is 4. The van der Waals surface area contributed by atoms with Gasteiger partial charge in [-0.05, 0) is 75.8 Å². The largest absolute Gasteiger partial charge is 0.494 e. The van der Waals surface area contributed by atoms with E-state index in [1.807, 2.05) is 52.1 Å². The molecule has 47 heavy (non-hydrogen) atoms. The van der Waals surface area contributed by atoms with Crippen molar-refractivity contribution in [3.63, 3.8) is 0 Å². The lowest BCUT2D eigenvalue weighted by atomic mass is 9.85. The molecule has 254 valence electrons. The highest BCUT2D eigenvalue weighted by Gasteiger charge is 2.41. The van der Waals surface area contributed by atoms with Gasteiger partial charge in [0.15, 0.2) is 0 Å². The van der Waals surface area contributed by atoms with E-state index in [1.165, 1.54) is 25.6 Å².